The van der Waals surface area contributed by atoms with Crippen molar-refractivity contribution >= 4 is 34.9 Å². The van der Waals surface area contributed by atoms with E-state index in [1.165, 1.54) is 12.1 Å². The number of carbonyl (C=O) groups excluding carboxylic acids is 2. The quantitative estimate of drug-likeness (QED) is 0.546. The van der Waals surface area contributed by atoms with Crippen LogP contribution in [0.25, 0.3) is 0 Å². The highest BCUT2D eigenvalue weighted by Gasteiger charge is 2.33. The van der Waals surface area contributed by atoms with E-state index in [9.17, 15) is 19.1 Å². The third-order valence-corrected chi connectivity index (χ3v) is 6.87. The van der Waals surface area contributed by atoms with Gasteiger partial charge in [-0.2, -0.15) is 0 Å². The Morgan fingerprint density at radius 3 is 2.62 bits per heavy atom. The number of aliphatic hydroxyl groups excluding tert-OH is 1. The van der Waals surface area contributed by atoms with Crippen LogP contribution in [0.5, 0.6) is 11.5 Å². The van der Waals surface area contributed by atoms with Gasteiger partial charge in [0.15, 0.2) is 11.9 Å². The van der Waals surface area contributed by atoms with Crippen molar-refractivity contribution in [2.24, 2.45) is 5.92 Å². The number of halogens is 3. The molecule has 0 radical (unpaired) electrons. The Labute approximate surface area is 207 Å². The van der Waals surface area contributed by atoms with Crippen LogP contribution in [0.1, 0.15) is 50.2 Å². The average molecular weight is 510 g/mol. The van der Waals surface area contributed by atoms with Gasteiger partial charge in [-0.25, -0.2) is 4.39 Å². The first-order chi connectivity index (χ1) is 16.3. The average Bonchev–Trinajstić information content (AvgIpc) is 2.81. The molecule has 2 aromatic carbocycles. The molecule has 4 rings (SSSR count). The normalized spacial score (nSPS) is 24.0. The molecule has 1 aliphatic carbocycles. The fourth-order valence-electron chi connectivity index (χ4n) is 4.50. The van der Waals surface area contributed by atoms with E-state index in [2.05, 4.69) is 5.32 Å². The van der Waals surface area contributed by atoms with E-state index in [-0.39, 0.29) is 47.5 Å². The molecular formula is C25H26Cl2FNO5. The number of carbonyl (C=O) groups is 2. The second kappa shape index (κ2) is 10.9. The predicted octanol–water partition coefficient (Wildman–Crippen LogP) is 5.03. The van der Waals surface area contributed by atoms with Gasteiger partial charge in [-0.15, -0.1) is 0 Å². The number of fused-ring (bicyclic) bond motifs is 1. The molecule has 6 nitrogen and oxygen atoms in total. The third-order valence-electron chi connectivity index (χ3n) is 6.33. The van der Waals surface area contributed by atoms with Crippen LogP contribution >= 0.6 is 23.2 Å². The van der Waals surface area contributed by atoms with Gasteiger partial charge in [-0.3, -0.25) is 9.59 Å². The summed E-state index contributed by atoms with van der Waals surface area (Å²) in [7, 11) is 0. The number of hydrogen-bond donors (Lipinski definition) is 2. The molecule has 0 saturated heterocycles. The van der Waals surface area contributed by atoms with Gasteiger partial charge < -0.3 is 19.9 Å². The summed E-state index contributed by atoms with van der Waals surface area (Å²) in [4.78, 5) is 25.0. The van der Waals surface area contributed by atoms with Gasteiger partial charge in [0.05, 0.1) is 11.1 Å². The molecule has 1 heterocycles. The number of Topliss-reactive ketones (excluding diaryl/α,β-unsaturated/α-hetero) is 1. The topological polar surface area (TPSA) is 84.9 Å². The number of rotatable bonds is 7. The molecule has 1 fully saturated rings. The fraction of sp³-hybridized carbons (Fsp3) is 0.440. The van der Waals surface area contributed by atoms with Crippen molar-refractivity contribution in [1.29, 1.82) is 0 Å². The van der Waals surface area contributed by atoms with Crippen molar-refractivity contribution in [3.8, 4) is 11.5 Å². The maximum Gasteiger partial charge on any atom is 0.261 e. The lowest BCUT2D eigenvalue weighted by Gasteiger charge is -2.32. The Morgan fingerprint density at radius 1 is 1.12 bits per heavy atom. The predicted molar refractivity (Wildman–Crippen MR) is 126 cm³/mol. The molecule has 0 aromatic heterocycles. The molecule has 2 atom stereocenters. The number of ether oxygens (including phenoxy) is 2. The first-order valence-electron chi connectivity index (χ1n) is 11.3. The van der Waals surface area contributed by atoms with E-state index < -0.39 is 18.0 Å². The molecular weight excluding hydrogens is 484 g/mol. The van der Waals surface area contributed by atoms with Crippen molar-refractivity contribution in [2.45, 2.75) is 56.8 Å². The Kier molecular flexibility index (Phi) is 7.96. The van der Waals surface area contributed by atoms with Crippen LogP contribution in [-0.2, 0) is 9.59 Å². The van der Waals surface area contributed by atoms with Gasteiger partial charge in [-0.1, -0.05) is 23.2 Å². The highest BCUT2D eigenvalue weighted by molar-refractivity contribution is 6.31. The summed E-state index contributed by atoms with van der Waals surface area (Å²) in [6.07, 6.45) is 2.10. The maximum absolute atomic E-state index is 13.5. The lowest BCUT2D eigenvalue weighted by molar-refractivity contribution is -0.131. The van der Waals surface area contributed by atoms with Gasteiger partial charge >= 0.3 is 0 Å². The lowest BCUT2D eigenvalue weighted by atomic mass is 9.83. The molecule has 0 spiro atoms. The molecule has 1 aliphatic heterocycles. The van der Waals surface area contributed by atoms with Gasteiger partial charge in [0.25, 0.3) is 5.91 Å². The standard InChI is InChI=1S/C25H26Cl2FNO5/c26-15-3-8-23-19(10-15)22(31)12-24(34-23)25(32)29-16-4-1-14(2-5-16)9-17(30)13-33-18-6-7-20(27)21(28)11-18/h3,6-8,10-11,14,16,22,24,31H,1-2,4-5,9,12-13H2,(H,29,32). The first kappa shape index (κ1) is 24.8. The van der Waals surface area contributed by atoms with Gasteiger partial charge in [0.1, 0.15) is 23.9 Å². The van der Waals surface area contributed by atoms with Gasteiger partial charge in [-0.05, 0) is 61.9 Å². The number of amides is 1. The minimum Gasteiger partial charge on any atom is -0.486 e. The fourth-order valence-corrected chi connectivity index (χ4v) is 4.79. The number of aliphatic hydroxyl groups is 1. The summed E-state index contributed by atoms with van der Waals surface area (Å²) in [5.74, 6) is 0.0646. The molecule has 2 aromatic rings. The second-order valence-corrected chi connectivity index (χ2v) is 9.72. The molecule has 182 valence electrons. The molecule has 0 bridgehead atoms. The molecule has 2 aliphatic rings. The minimum absolute atomic E-state index is 0.000461. The molecule has 1 saturated carbocycles. The Bertz CT molecular complexity index is 1060. The Morgan fingerprint density at radius 2 is 1.88 bits per heavy atom. The SMILES string of the molecule is O=C(COc1ccc(Cl)c(F)c1)CC1CCC(NC(=O)C2CC(O)c3cc(Cl)ccc3O2)CC1. The van der Waals surface area contributed by atoms with Crippen LogP contribution in [0.2, 0.25) is 10.0 Å². The van der Waals surface area contributed by atoms with Crippen molar-refractivity contribution in [3.05, 3.63) is 57.8 Å². The largest absolute Gasteiger partial charge is 0.486 e. The number of benzene rings is 2. The van der Waals surface area contributed by atoms with E-state index in [4.69, 9.17) is 32.7 Å². The highest BCUT2D eigenvalue weighted by atomic mass is 35.5. The van der Waals surface area contributed by atoms with Crippen LogP contribution in [0.15, 0.2) is 36.4 Å². The van der Waals surface area contributed by atoms with Crippen molar-refractivity contribution in [3.63, 3.8) is 0 Å². The molecule has 34 heavy (non-hydrogen) atoms. The number of nitrogens with one attached hydrogen (secondary N) is 1. The van der Waals surface area contributed by atoms with Crippen LogP contribution in [0, 0.1) is 11.7 Å². The van der Waals surface area contributed by atoms with E-state index in [1.54, 1.807) is 18.2 Å². The van der Waals surface area contributed by atoms with Crippen molar-refractivity contribution in [1.82, 2.24) is 5.32 Å². The zero-order valence-electron chi connectivity index (χ0n) is 18.4. The Hall–Kier alpha value is -2.35. The monoisotopic (exact) mass is 509 g/mol. The lowest BCUT2D eigenvalue weighted by Crippen LogP contribution is -2.46. The summed E-state index contributed by atoms with van der Waals surface area (Å²) in [5.41, 5.74) is 0.590. The zero-order chi connectivity index (χ0) is 24.2. The van der Waals surface area contributed by atoms with Crippen LogP contribution in [0.4, 0.5) is 4.39 Å². The summed E-state index contributed by atoms with van der Waals surface area (Å²) in [6, 6.07) is 9.04. The summed E-state index contributed by atoms with van der Waals surface area (Å²) < 4.78 is 24.6. The van der Waals surface area contributed by atoms with Crippen LogP contribution in [-0.4, -0.2) is 35.5 Å². The van der Waals surface area contributed by atoms with E-state index >= 15 is 0 Å². The van der Waals surface area contributed by atoms with E-state index in [0.29, 0.717) is 22.8 Å². The molecule has 9 heteroatoms. The highest BCUT2D eigenvalue weighted by Crippen LogP contribution is 2.36. The minimum atomic E-state index is -0.813. The summed E-state index contributed by atoms with van der Waals surface area (Å²) >= 11 is 11.6. The summed E-state index contributed by atoms with van der Waals surface area (Å²) in [5, 5.41) is 13.9. The van der Waals surface area contributed by atoms with Crippen molar-refractivity contribution < 1.29 is 28.6 Å². The van der Waals surface area contributed by atoms with Gasteiger partial charge in [0, 0.05) is 35.5 Å². The van der Waals surface area contributed by atoms with E-state index in [1.807, 2.05) is 0 Å². The molecule has 2 N–H and O–H groups in total. The molecule has 2 unspecified atom stereocenters. The first-order valence-corrected chi connectivity index (χ1v) is 12.1. The third kappa shape index (κ3) is 6.20. The maximum atomic E-state index is 13.5. The van der Waals surface area contributed by atoms with Crippen molar-refractivity contribution in [2.75, 3.05) is 6.61 Å². The zero-order valence-corrected chi connectivity index (χ0v) is 19.9. The van der Waals surface area contributed by atoms with Gasteiger partial charge in [0.2, 0.25) is 0 Å². The van der Waals surface area contributed by atoms with E-state index in [0.717, 1.165) is 31.7 Å². The number of hydrogen-bond acceptors (Lipinski definition) is 5. The second-order valence-electron chi connectivity index (χ2n) is 8.87. The Balaban J connectivity index is 1.19. The summed E-state index contributed by atoms with van der Waals surface area (Å²) in [6.45, 7) is -0.119. The molecule has 1 amide bonds. The smallest absolute Gasteiger partial charge is 0.261 e. The van der Waals surface area contributed by atoms with Crippen LogP contribution < -0.4 is 14.8 Å². The van der Waals surface area contributed by atoms with Crippen LogP contribution in [0.3, 0.4) is 0 Å². The number of ketones is 1.